The third-order valence-electron chi connectivity index (χ3n) is 4.43. The minimum absolute atomic E-state index is 0.0732. The van der Waals surface area contributed by atoms with Crippen molar-refractivity contribution in [2.24, 2.45) is 0 Å². The van der Waals surface area contributed by atoms with E-state index in [9.17, 15) is 10.4 Å². The normalized spacial score (nSPS) is 11.8. The molecule has 0 saturated carbocycles. The van der Waals surface area contributed by atoms with Gasteiger partial charge in [0.1, 0.15) is 17.4 Å². The number of nitrogens with zero attached hydrogens (tertiary/aromatic N) is 5. The maximum atomic E-state index is 10.6. The van der Waals surface area contributed by atoms with Gasteiger partial charge in [0.2, 0.25) is 0 Å². The molecule has 2 heterocycles. The van der Waals surface area contributed by atoms with Gasteiger partial charge in [0.15, 0.2) is 16.8 Å². The molecule has 148 valence electrons. The Morgan fingerprint density at radius 1 is 1.17 bits per heavy atom. The average Bonchev–Trinajstić information content (AvgIpc) is 3.38. The molecule has 4 aromatic rings. The molecular formula is C22H18N6OS. The van der Waals surface area contributed by atoms with E-state index in [0.717, 1.165) is 22.4 Å². The first-order valence-electron chi connectivity index (χ1n) is 9.21. The number of nitriles is 1. The van der Waals surface area contributed by atoms with Gasteiger partial charge in [-0.3, -0.25) is 4.57 Å². The quantitative estimate of drug-likeness (QED) is 0.198. The predicted molar refractivity (Wildman–Crippen MR) is 118 cm³/mol. The Balaban J connectivity index is 1.61. The lowest BCUT2D eigenvalue weighted by atomic mass is 10.2. The maximum Gasteiger partial charge on any atom is 0.192 e. The molecule has 0 fully saturated rings. The average molecular weight is 414 g/mol. The van der Waals surface area contributed by atoms with Gasteiger partial charge in [-0.15, -0.1) is 16.8 Å². The van der Waals surface area contributed by atoms with Crippen LogP contribution in [0.4, 0.5) is 0 Å². The van der Waals surface area contributed by atoms with Gasteiger partial charge < -0.3 is 10.1 Å². The van der Waals surface area contributed by atoms with Gasteiger partial charge in [0, 0.05) is 12.1 Å². The molecule has 0 aliphatic rings. The predicted octanol–water partition coefficient (Wildman–Crippen LogP) is 4.59. The molecule has 0 unspecified atom stereocenters. The van der Waals surface area contributed by atoms with E-state index in [2.05, 4.69) is 26.7 Å². The highest BCUT2D eigenvalue weighted by Crippen LogP contribution is 2.27. The van der Waals surface area contributed by atoms with Crippen LogP contribution in [-0.4, -0.2) is 35.6 Å². The van der Waals surface area contributed by atoms with Crippen molar-refractivity contribution in [1.82, 2.24) is 24.7 Å². The van der Waals surface area contributed by atoms with Gasteiger partial charge in [0.25, 0.3) is 0 Å². The second-order valence-corrected chi connectivity index (χ2v) is 7.34. The summed E-state index contributed by atoms with van der Waals surface area (Å²) in [5.41, 5.74) is 2.59. The fraction of sp³-hybridized carbons (Fsp3) is 0.0909. The van der Waals surface area contributed by atoms with Crippen LogP contribution in [-0.2, 0) is 6.54 Å². The Kier molecular flexibility index (Phi) is 5.63. The second kappa shape index (κ2) is 8.68. The van der Waals surface area contributed by atoms with Gasteiger partial charge in [-0.25, -0.2) is 4.98 Å². The van der Waals surface area contributed by atoms with Crippen LogP contribution in [0.2, 0.25) is 0 Å². The molecule has 0 spiro atoms. The fourth-order valence-electron chi connectivity index (χ4n) is 3.02. The van der Waals surface area contributed by atoms with Crippen molar-refractivity contribution in [3.05, 3.63) is 78.8 Å². The number of para-hydroxylation sites is 2. The zero-order valence-electron chi connectivity index (χ0n) is 16.0. The number of aromatic nitrogens is 5. The van der Waals surface area contributed by atoms with Crippen LogP contribution in [0.1, 0.15) is 5.82 Å². The standard InChI is InChI=1S/C22H18N6OS/c1-2-12-28-21(15-8-4-3-5-9-15)26-27-22(28)30-14-19(29)16(13-23)20-24-17-10-6-7-11-18(17)25-20/h2-11,29H,1,12,14H2,(H,24,25)/b19-16+. The van der Waals surface area contributed by atoms with E-state index in [1.165, 1.54) is 11.8 Å². The van der Waals surface area contributed by atoms with Crippen molar-refractivity contribution in [1.29, 1.82) is 5.26 Å². The van der Waals surface area contributed by atoms with Crippen molar-refractivity contribution >= 4 is 28.4 Å². The summed E-state index contributed by atoms with van der Waals surface area (Å²) in [6, 6.07) is 19.3. The molecule has 0 bridgehead atoms. The van der Waals surface area contributed by atoms with Crippen molar-refractivity contribution in [3.8, 4) is 17.5 Å². The molecule has 8 heteroatoms. The van der Waals surface area contributed by atoms with E-state index in [4.69, 9.17) is 0 Å². The highest BCUT2D eigenvalue weighted by molar-refractivity contribution is 7.99. The Hall–Kier alpha value is -3.83. The van der Waals surface area contributed by atoms with E-state index in [1.54, 1.807) is 6.08 Å². The summed E-state index contributed by atoms with van der Waals surface area (Å²) < 4.78 is 1.92. The van der Waals surface area contributed by atoms with Crippen LogP contribution in [0.5, 0.6) is 0 Å². The number of hydrogen-bond donors (Lipinski definition) is 2. The highest BCUT2D eigenvalue weighted by Gasteiger charge is 2.17. The second-order valence-electron chi connectivity index (χ2n) is 6.40. The Bertz CT molecular complexity index is 1230. The zero-order valence-corrected chi connectivity index (χ0v) is 16.8. The minimum Gasteiger partial charge on any atom is -0.510 e. The summed E-state index contributed by atoms with van der Waals surface area (Å²) in [4.78, 5) is 7.47. The maximum absolute atomic E-state index is 10.6. The summed E-state index contributed by atoms with van der Waals surface area (Å²) >= 11 is 1.30. The molecule has 0 aliphatic carbocycles. The van der Waals surface area contributed by atoms with Gasteiger partial charge in [0.05, 0.1) is 16.8 Å². The fourth-order valence-corrected chi connectivity index (χ4v) is 3.85. The number of allylic oxidation sites excluding steroid dienone is 2. The van der Waals surface area contributed by atoms with Crippen LogP contribution in [0, 0.1) is 11.3 Å². The molecule has 0 atom stereocenters. The van der Waals surface area contributed by atoms with E-state index >= 15 is 0 Å². The van der Waals surface area contributed by atoms with Crippen LogP contribution in [0.15, 0.2) is 78.2 Å². The SMILES string of the molecule is C=CCn1c(SC/C(O)=C(/C#N)c2nc3ccccc3[nH]2)nnc1-c1ccccc1. The number of rotatable bonds is 7. The number of H-pyrrole nitrogens is 1. The molecule has 2 aromatic heterocycles. The highest BCUT2D eigenvalue weighted by atomic mass is 32.2. The first kappa shape index (κ1) is 19.5. The Morgan fingerprint density at radius 2 is 1.93 bits per heavy atom. The van der Waals surface area contributed by atoms with Crippen molar-refractivity contribution < 1.29 is 5.11 Å². The Morgan fingerprint density at radius 3 is 2.67 bits per heavy atom. The molecule has 0 aliphatic heterocycles. The Labute approximate surface area is 177 Å². The molecule has 7 nitrogen and oxygen atoms in total. The number of hydrogen-bond acceptors (Lipinski definition) is 6. The number of aromatic amines is 1. The number of fused-ring (bicyclic) bond motifs is 1. The number of imidazole rings is 1. The van der Waals surface area contributed by atoms with E-state index in [1.807, 2.05) is 65.2 Å². The number of thioether (sulfide) groups is 1. The number of nitrogens with one attached hydrogen (secondary N) is 1. The van der Waals surface area contributed by atoms with Gasteiger partial charge >= 0.3 is 0 Å². The van der Waals surface area contributed by atoms with Crippen LogP contribution in [0.25, 0.3) is 28.0 Å². The topological polar surface area (TPSA) is 103 Å². The van der Waals surface area contributed by atoms with Crippen molar-refractivity contribution in [2.75, 3.05) is 5.75 Å². The summed E-state index contributed by atoms with van der Waals surface area (Å²) in [6.07, 6.45) is 1.77. The van der Waals surface area contributed by atoms with Crippen molar-refractivity contribution in [3.63, 3.8) is 0 Å². The van der Waals surface area contributed by atoms with Crippen LogP contribution < -0.4 is 0 Å². The van der Waals surface area contributed by atoms with Crippen LogP contribution in [0.3, 0.4) is 0 Å². The van der Waals surface area contributed by atoms with Gasteiger partial charge in [-0.05, 0) is 12.1 Å². The molecule has 0 saturated heterocycles. The third-order valence-corrected chi connectivity index (χ3v) is 5.40. The lowest BCUT2D eigenvalue weighted by Gasteiger charge is -2.08. The minimum atomic E-state index is -0.0732. The molecule has 4 rings (SSSR count). The summed E-state index contributed by atoms with van der Waals surface area (Å²) in [7, 11) is 0. The zero-order chi connectivity index (χ0) is 20.9. The van der Waals surface area contributed by atoms with E-state index in [0.29, 0.717) is 17.5 Å². The molecule has 30 heavy (non-hydrogen) atoms. The monoisotopic (exact) mass is 414 g/mol. The van der Waals surface area contributed by atoms with Crippen molar-refractivity contribution in [2.45, 2.75) is 11.7 Å². The summed E-state index contributed by atoms with van der Waals surface area (Å²) in [5.74, 6) is 1.15. The number of benzene rings is 2. The van der Waals surface area contributed by atoms with E-state index in [-0.39, 0.29) is 17.1 Å². The smallest absolute Gasteiger partial charge is 0.192 e. The largest absolute Gasteiger partial charge is 0.510 e. The van der Waals surface area contributed by atoms with E-state index < -0.39 is 0 Å². The summed E-state index contributed by atoms with van der Waals surface area (Å²) in [5, 5.41) is 29.4. The molecule has 2 aromatic carbocycles. The van der Waals surface area contributed by atoms with Crippen LogP contribution >= 0.6 is 11.8 Å². The first-order valence-corrected chi connectivity index (χ1v) is 10.2. The number of aliphatic hydroxyl groups is 1. The van der Waals surface area contributed by atoms with Gasteiger partial charge in [-0.1, -0.05) is 60.3 Å². The van der Waals surface area contributed by atoms with Gasteiger partial charge in [-0.2, -0.15) is 5.26 Å². The first-order chi connectivity index (χ1) is 14.7. The molecule has 0 amide bonds. The number of aliphatic hydroxyl groups excluding tert-OH is 1. The summed E-state index contributed by atoms with van der Waals surface area (Å²) in [6.45, 7) is 4.34. The molecular weight excluding hydrogens is 396 g/mol. The lowest BCUT2D eigenvalue weighted by molar-refractivity contribution is 0.420. The molecule has 0 radical (unpaired) electrons. The third kappa shape index (κ3) is 3.83. The lowest BCUT2D eigenvalue weighted by Crippen LogP contribution is -2.02. The molecule has 2 N–H and O–H groups in total.